The molecular formula is C22H28N2O5S. The zero-order chi connectivity index (χ0) is 22.6. The predicted molar refractivity (Wildman–Crippen MR) is 116 cm³/mol. The molecule has 7 nitrogen and oxygen atoms in total. The van der Waals surface area contributed by atoms with E-state index in [1.807, 2.05) is 12.1 Å². The number of esters is 1. The Balaban J connectivity index is 2.12. The highest BCUT2D eigenvalue weighted by atomic mass is 32.2. The van der Waals surface area contributed by atoms with Crippen LogP contribution < -0.4 is 5.32 Å². The van der Waals surface area contributed by atoms with Gasteiger partial charge in [-0.25, -0.2) is 17.5 Å². The van der Waals surface area contributed by atoms with Gasteiger partial charge in [0.1, 0.15) is 0 Å². The molecule has 0 radical (unpaired) electrons. The second-order valence-electron chi connectivity index (χ2n) is 7.58. The van der Waals surface area contributed by atoms with Crippen LogP contribution >= 0.6 is 0 Å². The summed E-state index contributed by atoms with van der Waals surface area (Å²) in [5.74, 6) is -0.860. The molecule has 8 heteroatoms. The van der Waals surface area contributed by atoms with E-state index in [-0.39, 0.29) is 10.5 Å². The van der Waals surface area contributed by atoms with Crippen molar-refractivity contribution >= 4 is 27.6 Å². The molecule has 0 aliphatic carbocycles. The lowest BCUT2D eigenvalue weighted by atomic mass is 10.0. The van der Waals surface area contributed by atoms with Gasteiger partial charge in [0.2, 0.25) is 10.0 Å². The van der Waals surface area contributed by atoms with E-state index in [1.54, 1.807) is 19.1 Å². The Morgan fingerprint density at radius 3 is 2.13 bits per heavy atom. The van der Waals surface area contributed by atoms with Gasteiger partial charge in [0.05, 0.1) is 10.5 Å². The SMILES string of the molecule is Cc1ccc(S(=O)(=O)N(C)C)cc1C(=O)OC(C)C(=O)Nc1ccc(C(C)C)cc1. The predicted octanol–water partition coefficient (Wildman–Crippen LogP) is 3.55. The fraction of sp³-hybridized carbons (Fsp3) is 0.364. The topological polar surface area (TPSA) is 92.8 Å². The minimum atomic E-state index is -3.70. The molecule has 0 spiro atoms. The summed E-state index contributed by atoms with van der Waals surface area (Å²) in [7, 11) is -0.879. The van der Waals surface area contributed by atoms with Crippen molar-refractivity contribution in [3.05, 3.63) is 59.2 Å². The third-order valence-corrected chi connectivity index (χ3v) is 6.52. The van der Waals surface area contributed by atoms with Crippen molar-refractivity contribution in [3.63, 3.8) is 0 Å². The van der Waals surface area contributed by atoms with E-state index in [4.69, 9.17) is 4.74 Å². The summed E-state index contributed by atoms with van der Waals surface area (Å²) in [6.07, 6.45) is -1.06. The maximum atomic E-state index is 12.6. The molecule has 30 heavy (non-hydrogen) atoms. The normalized spacial score (nSPS) is 12.7. The molecule has 0 heterocycles. The lowest BCUT2D eigenvalue weighted by molar-refractivity contribution is -0.123. The quantitative estimate of drug-likeness (QED) is 0.676. The number of aryl methyl sites for hydroxylation is 1. The van der Waals surface area contributed by atoms with Crippen LogP contribution in [0.5, 0.6) is 0 Å². The molecule has 2 aromatic rings. The number of ether oxygens (including phenoxy) is 1. The van der Waals surface area contributed by atoms with Crippen molar-refractivity contribution in [1.82, 2.24) is 4.31 Å². The summed E-state index contributed by atoms with van der Waals surface area (Å²) >= 11 is 0. The van der Waals surface area contributed by atoms with E-state index in [1.165, 1.54) is 39.2 Å². The summed E-state index contributed by atoms with van der Waals surface area (Å²) in [4.78, 5) is 25.0. The molecule has 1 unspecified atom stereocenters. The third kappa shape index (κ3) is 5.46. The van der Waals surface area contributed by atoms with Crippen molar-refractivity contribution < 1.29 is 22.7 Å². The average molecular weight is 433 g/mol. The number of carbonyl (C=O) groups excluding carboxylic acids is 2. The zero-order valence-corrected chi connectivity index (χ0v) is 18.9. The smallest absolute Gasteiger partial charge is 0.339 e. The van der Waals surface area contributed by atoms with E-state index in [0.717, 1.165) is 9.87 Å². The minimum Gasteiger partial charge on any atom is -0.449 e. The Bertz CT molecular complexity index is 1030. The highest BCUT2D eigenvalue weighted by molar-refractivity contribution is 7.89. The lowest BCUT2D eigenvalue weighted by Gasteiger charge is -2.16. The van der Waals surface area contributed by atoms with Crippen LogP contribution in [0, 0.1) is 6.92 Å². The zero-order valence-electron chi connectivity index (χ0n) is 18.1. The molecular weight excluding hydrogens is 404 g/mol. The van der Waals surface area contributed by atoms with Gasteiger partial charge in [-0.15, -0.1) is 0 Å². The highest BCUT2D eigenvalue weighted by Crippen LogP contribution is 2.20. The van der Waals surface area contributed by atoms with Crippen molar-refractivity contribution in [2.75, 3.05) is 19.4 Å². The van der Waals surface area contributed by atoms with E-state index < -0.39 is 28.0 Å². The summed E-state index contributed by atoms with van der Waals surface area (Å²) in [6, 6.07) is 11.7. The summed E-state index contributed by atoms with van der Waals surface area (Å²) in [6.45, 7) is 7.29. The number of nitrogens with one attached hydrogen (secondary N) is 1. The van der Waals surface area contributed by atoms with E-state index >= 15 is 0 Å². The van der Waals surface area contributed by atoms with Gasteiger partial charge >= 0.3 is 5.97 Å². The number of anilines is 1. The Morgan fingerprint density at radius 2 is 1.60 bits per heavy atom. The number of carbonyl (C=O) groups is 2. The van der Waals surface area contributed by atoms with Crippen LogP contribution in [0.2, 0.25) is 0 Å². The van der Waals surface area contributed by atoms with Gasteiger partial charge in [-0.1, -0.05) is 32.0 Å². The first-order valence-electron chi connectivity index (χ1n) is 9.58. The second kappa shape index (κ2) is 9.40. The van der Waals surface area contributed by atoms with Crippen LogP contribution in [0.4, 0.5) is 5.69 Å². The fourth-order valence-corrected chi connectivity index (χ4v) is 3.59. The molecule has 1 N–H and O–H groups in total. The molecule has 1 amide bonds. The first-order chi connectivity index (χ1) is 13.9. The monoisotopic (exact) mass is 432 g/mol. The molecule has 0 aromatic heterocycles. The number of sulfonamides is 1. The van der Waals surface area contributed by atoms with Gasteiger partial charge in [0.15, 0.2) is 6.10 Å². The molecule has 2 aromatic carbocycles. The van der Waals surface area contributed by atoms with Crippen molar-refractivity contribution in [3.8, 4) is 0 Å². The van der Waals surface area contributed by atoms with Gasteiger partial charge in [0.25, 0.3) is 5.91 Å². The molecule has 0 aliphatic rings. The molecule has 0 saturated heterocycles. The third-order valence-electron chi connectivity index (χ3n) is 4.71. The minimum absolute atomic E-state index is 0.0209. The van der Waals surface area contributed by atoms with Gasteiger partial charge in [0, 0.05) is 19.8 Å². The van der Waals surface area contributed by atoms with Crippen molar-refractivity contribution in [1.29, 1.82) is 0 Å². The van der Waals surface area contributed by atoms with Crippen LogP contribution in [0.25, 0.3) is 0 Å². The maximum absolute atomic E-state index is 12.6. The van der Waals surface area contributed by atoms with Crippen LogP contribution in [0.1, 0.15) is 48.2 Å². The van der Waals surface area contributed by atoms with E-state index in [9.17, 15) is 18.0 Å². The molecule has 0 fully saturated rings. The standard InChI is InChI=1S/C22H28N2O5S/c1-14(2)17-8-10-18(11-9-17)23-21(25)16(4)29-22(26)20-13-19(12-7-15(20)3)30(27,28)24(5)6/h7-14,16H,1-6H3,(H,23,25). The summed E-state index contributed by atoms with van der Waals surface area (Å²) in [5, 5.41) is 2.71. The van der Waals surface area contributed by atoms with Gasteiger partial charge in [-0.3, -0.25) is 4.79 Å². The maximum Gasteiger partial charge on any atom is 0.339 e. The number of hydrogen-bond donors (Lipinski definition) is 1. The van der Waals surface area contributed by atoms with Crippen LogP contribution in [-0.4, -0.2) is 44.8 Å². The highest BCUT2D eigenvalue weighted by Gasteiger charge is 2.23. The molecule has 0 aliphatic heterocycles. The second-order valence-corrected chi connectivity index (χ2v) is 9.73. The molecule has 0 saturated carbocycles. The lowest BCUT2D eigenvalue weighted by Crippen LogP contribution is -2.30. The molecule has 0 bridgehead atoms. The van der Waals surface area contributed by atoms with Crippen LogP contribution in [0.3, 0.4) is 0 Å². The number of rotatable bonds is 7. The Kier molecular flexibility index (Phi) is 7.39. The summed E-state index contributed by atoms with van der Waals surface area (Å²) in [5.41, 5.74) is 2.39. The Labute approximate surface area is 178 Å². The van der Waals surface area contributed by atoms with Crippen LogP contribution in [0.15, 0.2) is 47.4 Å². The molecule has 162 valence electrons. The van der Waals surface area contributed by atoms with Gasteiger partial charge < -0.3 is 10.1 Å². The van der Waals surface area contributed by atoms with Gasteiger partial charge in [-0.2, -0.15) is 0 Å². The Hall–Kier alpha value is -2.71. The molecule has 2 rings (SSSR count). The van der Waals surface area contributed by atoms with E-state index in [2.05, 4.69) is 19.2 Å². The average Bonchev–Trinajstić information content (AvgIpc) is 2.68. The van der Waals surface area contributed by atoms with E-state index in [0.29, 0.717) is 17.2 Å². The number of nitrogens with zero attached hydrogens (tertiary/aromatic N) is 1. The number of hydrogen-bond acceptors (Lipinski definition) is 5. The summed E-state index contributed by atoms with van der Waals surface area (Å²) < 4.78 is 31.0. The fourth-order valence-electron chi connectivity index (χ4n) is 2.67. The molecule has 1 atom stereocenters. The van der Waals surface area contributed by atoms with Crippen molar-refractivity contribution in [2.45, 2.75) is 44.6 Å². The number of amides is 1. The largest absolute Gasteiger partial charge is 0.449 e. The first-order valence-corrected chi connectivity index (χ1v) is 11.0. The number of benzene rings is 2. The first kappa shape index (κ1) is 23.6. The van der Waals surface area contributed by atoms with Crippen molar-refractivity contribution in [2.24, 2.45) is 0 Å². The van der Waals surface area contributed by atoms with Gasteiger partial charge in [-0.05, 0) is 55.2 Å². The Morgan fingerprint density at radius 1 is 1.00 bits per heavy atom. The van der Waals surface area contributed by atoms with Crippen LogP contribution in [-0.2, 0) is 19.6 Å².